The van der Waals surface area contributed by atoms with Crippen molar-refractivity contribution >= 4 is 81.1 Å². The van der Waals surface area contributed by atoms with Gasteiger partial charge in [-0.2, -0.15) is 4.31 Å². The number of hydrogen-bond donors (Lipinski definition) is 12. The highest BCUT2D eigenvalue weighted by Crippen LogP contribution is 2.61. The molecule has 8 atom stereocenters. The van der Waals surface area contributed by atoms with E-state index in [9.17, 15) is 72.6 Å². The average molecular weight is 942 g/mol. The highest BCUT2D eigenvalue weighted by molar-refractivity contribution is 8.13. The van der Waals surface area contributed by atoms with Gasteiger partial charge in [0.25, 0.3) is 0 Å². The molecule has 3 heterocycles. The number of nitrogens with one attached hydrogen (secondary N) is 2. The molecule has 0 bridgehead atoms. The number of nitrogens with two attached hydrogens (primary N) is 1. The number of nitrogens with zero attached hydrogens (tertiary/aromatic N) is 4. The fourth-order valence-electron chi connectivity index (χ4n) is 5.05. The molecule has 1 fully saturated rings. The molecule has 2 aromatic heterocycles. The Bertz CT molecular complexity index is 2050. The molecule has 29 nitrogen and oxygen atoms in total. The zero-order valence-corrected chi connectivity index (χ0v) is 34.6. The minimum Gasteiger partial charge on any atom is -0.481 e. The summed E-state index contributed by atoms with van der Waals surface area (Å²) in [7, 11) is -16.5. The lowest BCUT2D eigenvalue weighted by Gasteiger charge is -2.30. The predicted octanol–water partition coefficient (Wildman–Crippen LogP) is -2.65. The zero-order valence-electron chi connectivity index (χ0n) is 31.1. The van der Waals surface area contributed by atoms with Crippen molar-refractivity contribution in [2.45, 2.75) is 69.4 Å². The van der Waals surface area contributed by atoms with Crippen LogP contribution in [0.5, 0.6) is 0 Å². The number of carbonyl (C=O) groups excluding carboxylic acids is 3. The first-order valence-electron chi connectivity index (χ1n) is 16.8. The van der Waals surface area contributed by atoms with E-state index >= 15 is 0 Å². The normalized spacial score (nSPS) is 21.9. The highest BCUT2D eigenvalue weighted by atomic mass is 32.2. The molecule has 0 spiro atoms. The molecular weight excluding hydrogens is 899 g/mol. The molecule has 2 aromatic rings. The lowest BCUT2D eigenvalue weighted by molar-refractivity contribution is -0.166. The van der Waals surface area contributed by atoms with Crippen molar-refractivity contribution in [1.82, 2.24) is 30.2 Å². The summed E-state index contributed by atoms with van der Waals surface area (Å²) in [4.78, 5) is 109. The van der Waals surface area contributed by atoms with Gasteiger partial charge in [0.2, 0.25) is 11.8 Å². The molecule has 1 aliphatic rings. The van der Waals surface area contributed by atoms with Crippen molar-refractivity contribution in [3.63, 3.8) is 0 Å². The van der Waals surface area contributed by atoms with Crippen molar-refractivity contribution in [2.75, 3.05) is 37.8 Å². The first-order chi connectivity index (χ1) is 27.6. The van der Waals surface area contributed by atoms with Crippen molar-refractivity contribution in [2.24, 2.45) is 5.41 Å². The summed E-state index contributed by atoms with van der Waals surface area (Å²) in [6.45, 7) is -0.246. The number of phosphoric ester groups is 3. The number of aliphatic carboxylic acids is 2. The second-order valence-electron chi connectivity index (χ2n) is 13.4. The maximum absolute atomic E-state index is 12.7. The van der Waals surface area contributed by atoms with Gasteiger partial charge < -0.3 is 66.2 Å². The van der Waals surface area contributed by atoms with E-state index in [4.69, 9.17) is 29.7 Å². The van der Waals surface area contributed by atoms with Gasteiger partial charge in [0.1, 0.15) is 36.3 Å². The van der Waals surface area contributed by atoms with Crippen LogP contribution in [0, 0.1) is 5.41 Å². The van der Waals surface area contributed by atoms with Gasteiger partial charge in [-0.05, 0) is 0 Å². The van der Waals surface area contributed by atoms with Crippen LogP contribution in [-0.4, -0.2) is 156 Å². The average Bonchev–Trinajstić information content (AvgIpc) is 3.67. The lowest BCUT2D eigenvalue weighted by atomic mass is 9.87. The zero-order chi connectivity index (χ0) is 45.4. The minimum absolute atomic E-state index is 0.00286. The van der Waals surface area contributed by atoms with Crippen molar-refractivity contribution in [3.05, 3.63) is 12.7 Å². The minimum atomic E-state index is -5.63. The number of ether oxygens (including phenoxy) is 1. The van der Waals surface area contributed by atoms with E-state index in [-0.39, 0.29) is 42.2 Å². The van der Waals surface area contributed by atoms with Crippen LogP contribution in [0.15, 0.2) is 12.7 Å². The monoisotopic (exact) mass is 941 g/mol. The summed E-state index contributed by atoms with van der Waals surface area (Å²) in [6.07, 6.45) is -9.60. The Kier molecular flexibility index (Phi) is 17.4. The quantitative estimate of drug-likeness (QED) is 0.0378. The van der Waals surface area contributed by atoms with E-state index in [1.54, 1.807) is 0 Å². The molecule has 2 amide bonds. The maximum Gasteiger partial charge on any atom is 0.481 e. The number of amides is 2. The summed E-state index contributed by atoms with van der Waals surface area (Å²) in [5, 5.41) is 52.9. The Morgan fingerprint density at radius 2 is 1.65 bits per heavy atom. The molecule has 0 aliphatic carbocycles. The van der Waals surface area contributed by atoms with Gasteiger partial charge in [0.15, 0.2) is 28.4 Å². The Labute approximate surface area is 341 Å². The lowest BCUT2D eigenvalue weighted by Crippen LogP contribution is -2.46. The van der Waals surface area contributed by atoms with E-state index in [1.165, 1.54) is 13.8 Å². The molecular formula is C27H42N7O22P3S. The molecule has 60 heavy (non-hydrogen) atoms. The summed E-state index contributed by atoms with van der Waals surface area (Å²) in [5.74, 6) is -5.42. The van der Waals surface area contributed by atoms with Gasteiger partial charge in [0, 0.05) is 30.7 Å². The van der Waals surface area contributed by atoms with Crippen LogP contribution < -0.4 is 16.4 Å². The van der Waals surface area contributed by atoms with Gasteiger partial charge in [0.05, 0.1) is 32.4 Å². The van der Waals surface area contributed by atoms with E-state index in [2.05, 4.69) is 34.4 Å². The molecule has 0 aromatic carbocycles. The maximum atomic E-state index is 12.7. The second-order valence-corrected chi connectivity index (χ2v) is 18.8. The number of carbonyl (C=O) groups is 5. The van der Waals surface area contributed by atoms with Gasteiger partial charge in [-0.15, -0.1) is 0 Å². The second kappa shape index (κ2) is 20.6. The molecule has 33 heteroatoms. The topological polar surface area (TPSA) is 458 Å². The van der Waals surface area contributed by atoms with Crippen LogP contribution in [0.4, 0.5) is 5.82 Å². The Morgan fingerprint density at radius 3 is 2.27 bits per heavy atom. The number of hydrogen-bond acceptors (Lipinski definition) is 21. The van der Waals surface area contributed by atoms with Crippen LogP contribution in [0.1, 0.15) is 39.3 Å². The predicted molar refractivity (Wildman–Crippen MR) is 197 cm³/mol. The molecule has 3 unspecified atom stereocenters. The fourth-order valence-corrected chi connectivity index (χ4v) is 8.65. The molecule has 13 N–H and O–H groups in total. The Morgan fingerprint density at radius 1 is 1.00 bits per heavy atom. The van der Waals surface area contributed by atoms with E-state index < -0.39 is 120 Å². The van der Waals surface area contributed by atoms with Gasteiger partial charge in [-0.25, -0.2) is 33.4 Å². The van der Waals surface area contributed by atoms with Crippen molar-refractivity contribution in [3.8, 4) is 0 Å². The standard InChI is InChI=1S/C27H42N7O22P3S/c1-26(2,20(40)23(41)30-4-3-14(35)29-5-6-60-16(38)8-27(44,25(42)43)7-15(36)37)10-53-59(50,51)56-58(48,49)52-9-13-19(55-57(45,46)47)18(39)24(54-13)34-12-33-17-21(28)31-11-32-22(17)34/h11-13,18-20,24,39-40,44H,3-10H2,1-2H3,(H,29,35)(H,30,41)(H,36,37)(H,42,43)(H,48,49)(H,50,51)(H2,28,31,32)(H2,45,46,47)/t13-,18-,19-,20?,24-,27+/m1/s1. The van der Waals surface area contributed by atoms with Crippen LogP contribution in [0.2, 0.25) is 0 Å². The number of aromatic nitrogens is 4. The molecule has 3 rings (SSSR count). The summed E-state index contributed by atoms with van der Waals surface area (Å²) >= 11 is 0.525. The largest absolute Gasteiger partial charge is 0.481 e. The SMILES string of the molecule is CC(C)(COP(=O)(O)OP(=O)(O)OC[C@H]1O[C@@H](n2cnc3c(N)ncnc32)[C@H](O)[C@@H]1OP(=O)(O)O)C(O)C(=O)NCCC(=O)NCCSC(=O)C[C@@](O)(CC(=O)O)C(=O)O. The van der Waals surface area contributed by atoms with Crippen LogP contribution in [0.25, 0.3) is 11.2 Å². The number of imidazole rings is 1. The van der Waals surface area contributed by atoms with Gasteiger partial charge in [-0.3, -0.25) is 37.3 Å². The number of phosphoric acid groups is 3. The van der Waals surface area contributed by atoms with Gasteiger partial charge >= 0.3 is 35.4 Å². The fraction of sp³-hybridized carbons (Fsp3) is 0.630. The van der Waals surface area contributed by atoms with Crippen LogP contribution in [0.3, 0.4) is 0 Å². The molecule has 0 radical (unpaired) electrons. The third-order valence-electron chi connectivity index (χ3n) is 8.04. The first-order valence-corrected chi connectivity index (χ1v) is 22.3. The van der Waals surface area contributed by atoms with Crippen LogP contribution in [-0.2, 0) is 60.3 Å². The number of fused-ring (bicyclic) bond motifs is 1. The number of aliphatic hydroxyl groups excluding tert-OH is 2. The number of nitrogen functional groups attached to an aromatic ring is 1. The molecule has 1 saturated heterocycles. The number of thioether (sulfide) groups is 1. The van der Waals surface area contributed by atoms with E-state index in [0.29, 0.717) is 11.8 Å². The summed E-state index contributed by atoms with van der Waals surface area (Å²) in [6, 6.07) is 0. The van der Waals surface area contributed by atoms with Gasteiger partial charge in [-0.1, -0.05) is 25.6 Å². The number of aliphatic hydroxyl groups is 3. The third-order valence-corrected chi connectivity index (χ3v) is 12.0. The number of carboxylic acids is 2. The smallest absolute Gasteiger partial charge is 0.481 e. The Hall–Kier alpha value is -3.54. The van der Waals surface area contributed by atoms with Crippen molar-refractivity contribution < 1.29 is 105 Å². The molecule has 338 valence electrons. The van der Waals surface area contributed by atoms with E-state index in [0.717, 1.165) is 17.2 Å². The number of carboxylic acid groups (broad SMARTS) is 2. The summed E-state index contributed by atoms with van der Waals surface area (Å²) < 4.78 is 61.9. The molecule has 1 aliphatic heterocycles. The molecule has 0 saturated carbocycles. The number of anilines is 1. The summed E-state index contributed by atoms with van der Waals surface area (Å²) in [5.41, 5.74) is 1.29. The first kappa shape index (κ1) is 50.8. The highest BCUT2D eigenvalue weighted by Gasteiger charge is 2.50. The van der Waals surface area contributed by atoms with Crippen molar-refractivity contribution in [1.29, 1.82) is 0 Å². The third kappa shape index (κ3) is 14.8. The van der Waals surface area contributed by atoms with Crippen LogP contribution >= 0.6 is 35.2 Å². The van der Waals surface area contributed by atoms with E-state index in [1.807, 2.05) is 0 Å². The number of rotatable bonds is 24. The Balaban J connectivity index is 1.46.